The molecule has 0 aromatic carbocycles. The molecular weight excluding hydrogens is 276 g/mol. The number of thiophene rings is 1. The van der Waals surface area contributed by atoms with Gasteiger partial charge in [-0.2, -0.15) is 0 Å². The largest absolute Gasteiger partial charge is 0.327 e. The van der Waals surface area contributed by atoms with Gasteiger partial charge >= 0.3 is 0 Å². The maximum absolute atomic E-state index is 6.07. The Kier molecular flexibility index (Phi) is 5.87. The summed E-state index contributed by atoms with van der Waals surface area (Å²) in [5.74, 6) is 0.626. The first-order valence-corrected chi connectivity index (χ1v) is 7.75. The topological polar surface area (TPSA) is 29.3 Å². The minimum atomic E-state index is 0. The predicted octanol–water partition coefficient (Wildman–Crippen LogP) is 3.64. The quantitative estimate of drug-likeness (QED) is 0.904. The number of nitrogens with two attached hydrogens (primary N) is 1. The van der Waals surface area contributed by atoms with Crippen LogP contribution in [0.5, 0.6) is 0 Å². The van der Waals surface area contributed by atoms with Crippen molar-refractivity contribution in [2.45, 2.75) is 52.1 Å². The molecule has 0 amide bonds. The molecule has 2 unspecified atom stereocenters. The summed E-state index contributed by atoms with van der Waals surface area (Å²) in [6.07, 6.45) is 1.14. The monoisotopic (exact) mass is 302 g/mol. The Balaban J connectivity index is 0.00000180. The Morgan fingerprint density at radius 3 is 2.58 bits per heavy atom. The van der Waals surface area contributed by atoms with Crippen LogP contribution in [-0.2, 0) is 12.0 Å². The molecule has 4 heteroatoms. The van der Waals surface area contributed by atoms with Gasteiger partial charge in [-0.05, 0) is 29.9 Å². The number of hydrogen-bond donors (Lipinski definition) is 1. The molecule has 0 spiro atoms. The molecule has 1 fully saturated rings. The molecule has 0 bridgehead atoms. The molecule has 1 aromatic rings. The van der Waals surface area contributed by atoms with Crippen LogP contribution in [0, 0.1) is 5.92 Å². The fraction of sp³-hybridized carbons (Fsp3) is 0.733. The van der Waals surface area contributed by atoms with Gasteiger partial charge in [-0.25, -0.2) is 0 Å². The average molecular weight is 303 g/mol. The van der Waals surface area contributed by atoms with Crippen molar-refractivity contribution in [1.29, 1.82) is 0 Å². The molecule has 2 N–H and O–H groups in total. The standard InChI is InChI=1S/C15H26N2S.ClH/c1-11-9-17(8-7-13(11)16)10-12-5-6-14(18-12)15(2,3)4;/h5-6,11,13H,7-10,16H2,1-4H3;1H. The summed E-state index contributed by atoms with van der Waals surface area (Å²) in [5.41, 5.74) is 6.35. The van der Waals surface area contributed by atoms with Crippen LogP contribution >= 0.6 is 23.7 Å². The van der Waals surface area contributed by atoms with Gasteiger partial charge in [0.15, 0.2) is 0 Å². The number of halogens is 1. The Morgan fingerprint density at radius 1 is 1.37 bits per heavy atom. The normalized spacial score (nSPS) is 25.1. The molecule has 1 aromatic heterocycles. The average Bonchev–Trinajstić information content (AvgIpc) is 2.72. The van der Waals surface area contributed by atoms with Crippen molar-refractivity contribution in [2.24, 2.45) is 11.7 Å². The van der Waals surface area contributed by atoms with Crippen LogP contribution in [0.15, 0.2) is 12.1 Å². The highest BCUT2D eigenvalue weighted by atomic mass is 35.5. The Labute approximate surface area is 127 Å². The molecule has 110 valence electrons. The van der Waals surface area contributed by atoms with Gasteiger partial charge in [0.25, 0.3) is 0 Å². The van der Waals surface area contributed by atoms with Crippen molar-refractivity contribution in [3.05, 3.63) is 21.9 Å². The summed E-state index contributed by atoms with van der Waals surface area (Å²) in [7, 11) is 0. The number of nitrogens with zero attached hydrogens (tertiary/aromatic N) is 1. The molecule has 19 heavy (non-hydrogen) atoms. The predicted molar refractivity (Wildman–Crippen MR) is 87.3 cm³/mol. The van der Waals surface area contributed by atoms with E-state index in [4.69, 9.17) is 5.73 Å². The Morgan fingerprint density at radius 2 is 2.05 bits per heavy atom. The highest BCUT2D eigenvalue weighted by Crippen LogP contribution is 2.30. The fourth-order valence-corrected chi connectivity index (χ4v) is 3.59. The first-order valence-electron chi connectivity index (χ1n) is 6.93. The third kappa shape index (κ3) is 4.45. The Bertz CT molecular complexity index is 397. The van der Waals surface area contributed by atoms with Gasteiger partial charge in [0.2, 0.25) is 0 Å². The van der Waals surface area contributed by atoms with Crippen LogP contribution in [0.3, 0.4) is 0 Å². The minimum absolute atomic E-state index is 0. The fourth-order valence-electron chi connectivity index (χ4n) is 2.48. The maximum Gasteiger partial charge on any atom is 0.0328 e. The third-order valence-corrected chi connectivity index (χ3v) is 5.33. The summed E-state index contributed by atoms with van der Waals surface area (Å²) in [5, 5.41) is 0. The van der Waals surface area contributed by atoms with Gasteiger partial charge in [0.1, 0.15) is 0 Å². The summed E-state index contributed by atoms with van der Waals surface area (Å²) in [4.78, 5) is 5.52. The second-order valence-corrected chi connectivity index (χ2v) is 7.85. The Hall–Kier alpha value is -0.0900. The smallest absolute Gasteiger partial charge is 0.0328 e. The molecule has 0 aliphatic carbocycles. The van der Waals surface area contributed by atoms with Gasteiger partial charge in [0.05, 0.1) is 0 Å². The van der Waals surface area contributed by atoms with E-state index in [1.807, 2.05) is 11.3 Å². The lowest BCUT2D eigenvalue weighted by Gasteiger charge is -2.34. The summed E-state index contributed by atoms with van der Waals surface area (Å²) >= 11 is 1.96. The molecule has 2 heterocycles. The van der Waals surface area contributed by atoms with Crippen molar-refractivity contribution in [3.8, 4) is 0 Å². The molecule has 1 aliphatic rings. The van der Waals surface area contributed by atoms with Gasteiger partial charge in [-0.15, -0.1) is 23.7 Å². The van der Waals surface area contributed by atoms with Gasteiger partial charge in [-0.1, -0.05) is 27.7 Å². The molecule has 1 saturated heterocycles. The third-order valence-electron chi connectivity index (χ3n) is 3.84. The maximum atomic E-state index is 6.07. The van der Waals surface area contributed by atoms with E-state index in [1.165, 1.54) is 9.75 Å². The van der Waals surface area contributed by atoms with Crippen LogP contribution in [0.2, 0.25) is 0 Å². The van der Waals surface area contributed by atoms with Crippen LogP contribution in [0.25, 0.3) is 0 Å². The molecule has 0 radical (unpaired) electrons. The van der Waals surface area contributed by atoms with E-state index >= 15 is 0 Å². The first kappa shape index (κ1) is 17.0. The number of likely N-dealkylation sites (tertiary alicyclic amines) is 1. The lowest BCUT2D eigenvalue weighted by molar-refractivity contribution is 0.159. The summed E-state index contributed by atoms with van der Waals surface area (Å²) in [6.45, 7) is 12.5. The van der Waals surface area contributed by atoms with Crippen LogP contribution in [0.1, 0.15) is 43.9 Å². The zero-order valence-corrected chi connectivity index (χ0v) is 14.1. The van der Waals surface area contributed by atoms with E-state index in [1.54, 1.807) is 0 Å². The molecule has 0 saturated carbocycles. The lowest BCUT2D eigenvalue weighted by atomic mass is 9.94. The van der Waals surface area contributed by atoms with Gasteiger partial charge < -0.3 is 5.73 Å². The minimum Gasteiger partial charge on any atom is -0.327 e. The highest BCUT2D eigenvalue weighted by molar-refractivity contribution is 7.12. The van der Waals surface area contributed by atoms with E-state index in [9.17, 15) is 0 Å². The molecule has 2 nitrogen and oxygen atoms in total. The van der Waals surface area contributed by atoms with Gasteiger partial charge in [-0.3, -0.25) is 4.90 Å². The second-order valence-electron chi connectivity index (χ2n) is 6.68. The van der Waals surface area contributed by atoms with Crippen LogP contribution in [-0.4, -0.2) is 24.0 Å². The van der Waals surface area contributed by atoms with E-state index in [0.29, 0.717) is 12.0 Å². The highest BCUT2D eigenvalue weighted by Gasteiger charge is 2.24. The van der Waals surface area contributed by atoms with Crippen LogP contribution < -0.4 is 5.73 Å². The number of piperidine rings is 1. The molecule has 2 atom stereocenters. The van der Waals surface area contributed by atoms with Crippen molar-refractivity contribution >= 4 is 23.7 Å². The van der Waals surface area contributed by atoms with E-state index in [2.05, 4.69) is 44.7 Å². The lowest BCUT2D eigenvalue weighted by Crippen LogP contribution is -2.45. The summed E-state index contributed by atoms with van der Waals surface area (Å²) in [6, 6.07) is 4.98. The van der Waals surface area contributed by atoms with Crippen molar-refractivity contribution < 1.29 is 0 Å². The van der Waals surface area contributed by atoms with Crippen molar-refractivity contribution in [3.63, 3.8) is 0 Å². The van der Waals surface area contributed by atoms with Crippen LogP contribution in [0.4, 0.5) is 0 Å². The van der Waals surface area contributed by atoms with Crippen molar-refractivity contribution in [2.75, 3.05) is 13.1 Å². The van der Waals surface area contributed by atoms with Gasteiger partial charge in [0, 0.05) is 35.4 Å². The van der Waals surface area contributed by atoms with E-state index in [-0.39, 0.29) is 17.8 Å². The second kappa shape index (κ2) is 6.57. The number of hydrogen-bond acceptors (Lipinski definition) is 3. The SMILES string of the molecule is CC1CN(Cc2ccc(C(C)(C)C)s2)CCC1N.Cl. The van der Waals surface area contributed by atoms with E-state index < -0.39 is 0 Å². The number of rotatable bonds is 2. The summed E-state index contributed by atoms with van der Waals surface area (Å²) < 4.78 is 0. The zero-order valence-electron chi connectivity index (χ0n) is 12.5. The first-order chi connectivity index (χ1) is 8.36. The molecule has 2 rings (SSSR count). The van der Waals surface area contributed by atoms with E-state index in [0.717, 1.165) is 26.1 Å². The zero-order chi connectivity index (χ0) is 13.3. The molecule has 1 aliphatic heterocycles. The molecular formula is C15H27ClN2S. The van der Waals surface area contributed by atoms with Crippen molar-refractivity contribution in [1.82, 2.24) is 4.90 Å².